The van der Waals surface area contributed by atoms with Gasteiger partial charge in [-0.25, -0.2) is 9.59 Å². The fraction of sp³-hybridized carbons (Fsp3) is 0.471. The Morgan fingerprint density at radius 3 is 2.50 bits per heavy atom. The van der Waals surface area contributed by atoms with E-state index in [1.807, 2.05) is 13.8 Å². The van der Waals surface area contributed by atoms with Crippen molar-refractivity contribution in [2.75, 3.05) is 5.32 Å². The molecule has 3 amide bonds. The molecule has 0 bridgehead atoms. The summed E-state index contributed by atoms with van der Waals surface area (Å²) in [5, 5.41) is 17.1. The van der Waals surface area contributed by atoms with Crippen molar-refractivity contribution < 1.29 is 19.5 Å². The molecule has 1 aromatic rings. The Labute approximate surface area is 140 Å². The molecule has 0 radical (unpaired) electrons. The zero-order valence-electron chi connectivity index (χ0n) is 13.8. The van der Waals surface area contributed by atoms with E-state index < -0.39 is 17.9 Å². The molecule has 1 aliphatic carbocycles. The van der Waals surface area contributed by atoms with Crippen LogP contribution in [0.3, 0.4) is 0 Å². The maximum absolute atomic E-state index is 12.3. The van der Waals surface area contributed by atoms with Gasteiger partial charge in [0, 0.05) is 17.3 Å². The van der Waals surface area contributed by atoms with Crippen LogP contribution in [-0.4, -0.2) is 35.1 Å². The molecule has 1 atom stereocenters. The second-order valence-electron chi connectivity index (χ2n) is 6.38. The van der Waals surface area contributed by atoms with Gasteiger partial charge in [0.05, 0.1) is 0 Å². The molecule has 130 valence electrons. The highest BCUT2D eigenvalue weighted by Gasteiger charge is 2.30. The molecular formula is C17H23N3O4. The van der Waals surface area contributed by atoms with E-state index >= 15 is 0 Å². The number of aliphatic carboxylic acids is 1. The smallest absolute Gasteiger partial charge is 0.326 e. The standard InChI is InChI=1S/C17H23N3O4/c1-10(2)18-17(24)19-13-5-3-4-12(9-13)15(21)20-14(16(22)23)8-11-6-7-11/h3-5,9-11,14H,6-8H2,1-2H3,(H,20,21)(H,22,23)(H2,18,19,24). The van der Waals surface area contributed by atoms with Gasteiger partial charge in [-0.3, -0.25) is 4.79 Å². The maximum atomic E-state index is 12.3. The monoisotopic (exact) mass is 333 g/mol. The zero-order chi connectivity index (χ0) is 17.7. The summed E-state index contributed by atoms with van der Waals surface area (Å²) in [5.41, 5.74) is 0.772. The molecule has 24 heavy (non-hydrogen) atoms. The van der Waals surface area contributed by atoms with Crippen LogP contribution in [0.1, 0.15) is 43.5 Å². The van der Waals surface area contributed by atoms with Crippen LogP contribution in [0.2, 0.25) is 0 Å². The highest BCUT2D eigenvalue weighted by molar-refractivity contribution is 5.98. The largest absolute Gasteiger partial charge is 0.480 e. The normalized spacial score (nSPS) is 14.8. The van der Waals surface area contributed by atoms with Crippen molar-refractivity contribution in [3.8, 4) is 0 Å². The molecule has 1 aliphatic rings. The Hall–Kier alpha value is -2.57. The van der Waals surface area contributed by atoms with Gasteiger partial charge >= 0.3 is 12.0 Å². The zero-order valence-corrected chi connectivity index (χ0v) is 13.8. The van der Waals surface area contributed by atoms with Crippen LogP contribution in [0.5, 0.6) is 0 Å². The lowest BCUT2D eigenvalue weighted by Crippen LogP contribution is -2.41. The maximum Gasteiger partial charge on any atom is 0.326 e. The van der Waals surface area contributed by atoms with E-state index in [1.54, 1.807) is 18.2 Å². The number of urea groups is 1. The number of benzene rings is 1. The summed E-state index contributed by atoms with van der Waals surface area (Å²) in [5.74, 6) is -1.10. The average molecular weight is 333 g/mol. The predicted octanol–water partition coefficient (Wildman–Crippen LogP) is 2.20. The molecule has 7 nitrogen and oxygen atoms in total. The van der Waals surface area contributed by atoms with E-state index in [4.69, 9.17) is 0 Å². The molecule has 1 unspecified atom stereocenters. The van der Waals surface area contributed by atoms with Gasteiger partial charge in [-0.15, -0.1) is 0 Å². The first-order valence-electron chi connectivity index (χ1n) is 8.06. The highest BCUT2D eigenvalue weighted by atomic mass is 16.4. The van der Waals surface area contributed by atoms with Crippen molar-refractivity contribution in [3.05, 3.63) is 29.8 Å². The number of amides is 3. The molecule has 0 saturated heterocycles. The number of carbonyl (C=O) groups excluding carboxylic acids is 2. The molecule has 0 aromatic heterocycles. The average Bonchev–Trinajstić information content (AvgIpc) is 3.29. The second-order valence-corrected chi connectivity index (χ2v) is 6.38. The molecule has 4 N–H and O–H groups in total. The fourth-order valence-corrected chi connectivity index (χ4v) is 2.32. The minimum absolute atomic E-state index is 0.00442. The Morgan fingerprint density at radius 2 is 1.92 bits per heavy atom. The molecule has 0 aliphatic heterocycles. The van der Waals surface area contributed by atoms with E-state index in [0.29, 0.717) is 23.6 Å². The minimum atomic E-state index is -1.03. The molecule has 1 aromatic carbocycles. The second kappa shape index (κ2) is 7.81. The number of rotatable bonds is 7. The van der Waals surface area contributed by atoms with Gasteiger partial charge in [0.15, 0.2) is 0 Å². The Morgan fingerprint density at radius 1 is 1.21 bits per heavy atom. The van der Waals surface area contributed by atoms with Gasteiger partial charge in [-0.2, -0.15) is 0 Å². The van der Waals surface area contributed by atoms with E-state index in [9.17, 15) is 19.5 Å². The molecule has 2 rings (SSSR count). The van der Waals surface area contributed by atoms with Crippen molar-refractivity contribution in [3.63, 3.8) is 0 Å². The first-order valence-corrected chi connectivity index (χ1v) is 8.06. The van der Waals surface area contributed by atoms with Crippen molar-refractivity contribution in [1.29, 1.82) is 0 Å². The van der Waals surface area contributed by atoms with Crippen LogP contribution >= 0.6 is 0 Å². The van der Waals surface area contributed by atoms with Crippen molar-refractivity contribution in [1.82, 2.24) is 10.6 Å². The van der Waals surface area contributed by atoms with Crippen molar-refractivity contribution in [2.45, 2.75) is 45.2 Å². The van der Waals surface area contributed by atoms with Gasteiger partial charge in [0.1, 0.15) is 6.04 Å². The molecule has 0 heterocycles. The van der Waals surface area contributed by atoms with Gasteiger partial charge in [-0.1, -0.05) is 18.9 Å². The molecule has 1 saturated carbocycles. The lowest BCUT2D eigenvalue weighted by Gasteiger charge is -2.15. The Kier molecular flexibility index (Phi) is 5.78. The van der Waals surface area contributed by atoms with Crippen LogP contribution in [-0.2, 0) is 4.79 Å². The fourth-order valence-electron chi connectivity index (χ4n) is 2.32. The summed E-state index contributed by atoms with van der Waals surface area (Å²) in [6.07, 6.45) is 2.49. The summed E-state index contributed by atoms with van der Waals surface area (Å²) in [7, 11) is 0. The number of nitrogens with one attached hydrogen (secondary N) is 3. The van der Waals surface area contributed by atoms with E-state index in [2.05, 4.69) is 16.0 Å². The third-order valence-electron chi connectivity index (χ3n) is 3.67. The van der Waals surface area contributed by atoms with Crippen molar-refractivity contribution >= 4 is 23.6 Å². The summed E-state index contributed by atoms with van der Waals surface area (Å²) in [6, 6.07) is 5.15. The first-order chi connectivity index (χ1) is 11.3. The summed E-state index contributed by atoms with van der Waals surface area (Å²) < 4.78 is 0. The number of hydrogen-bond acceptors (Lipinski definition) is 3. The minimum Gasteiger partial charge on any atom is -0.480 e. The van der Waals surface area contributed by atoms with Gasteiger partial charge < -0.3 is 21.1 Å². The molecule has 7 heteroatoms. The van der Waals surface area contributed by atoms with Gasteiger partial charge in [0.2, 0.25) is 0 Å². The van der Waals surface area contributed by atoms with Crippen LogP contribution in [0.4, 0.5) is 10.5 Å². The number of hydrogen-bond donors (Lipinski definition) is 4. The SMILES string of the molecule is CC(C)NC(=O)Nc1cccc(C(=O)NC(CC2CC2)C(=O)O)c1. The van der Waals surface area contributed by atoms with Gasteiger partial charge in [0.25, 0.3) is 5.91 Å². The van der Waals surface area contributed by atoms with Crippen LogP contribution < -0.4 is 16.0 Å². The van der Waals surface area contributed by atoms with Gasteiger partial charge in [-0.05, 0) is 44.4 Å². The Bertz CT molecular complexity index is 626. The van der Waals surface area contributed by atoms with Crippen LogP contribution in [0.15, 0.2) is 24.3 Å². The van der Waals surface area contributed by atoms with Crippen molar-refractivity contribution in [2.24, 2.45) is 5.92 Å². The predicted molar refractivity (Wildman–Crippen MR) is 90.0 cm³/mol. The van der Waals surface area contributed by atoms with E-state index in [-0.39, 0.29) is 12.1 Å². The number of carboxylic acid groups (broad SMARTS) is 1. The topological polar surface area (TPSA) is 108 Å². The molecule has 0 spiro atoms. The van der Waals surface area contributed by atoms with Crippen LogP contribution in [0, 0.1) is 5.92 Å². The third kappa shape index (κ3) is 5.57. The quantitative estimate of drug-likeness (QED) is 0.613. The highest BCUT2D eigenvalue weighted by Crippen LogP contribution is 2.33. The Balaban J connectivity index is 1.99. The number of carboxylic acids is 1. The number of anilines is 1. The molecule has 1 fully saturated rings. The molecular weight excluding hydrogens is 310 g/mol. The first kappa shape index (κ1) is 17.8. The number of carbonyl (C=O) groups is 3. The summed E-state index contributed by atoms with van der Waals surface area (Å²) in [6.45, 7) is 3.69. The summed E-state index contributed by atoms with van der Waals surface area (Å²) in [4.78, 5) is 35.2. The van der Waals surface area contributed by atoms with Crippen LogP contribution in [0.25, 0.3) is 0 Å². The van der Waals surface area contributed by atoms with E-state index in [1.165, 1.54) is 6.07 Å². The lowest BCUT2D eigenvalue weighted by atomic mass is 10.1. The van der Waals surface area contributed by atoms with E-state index in [0.717, 1.165) is 12.8 Å². The third-order valence-corrected chi connectivity index (χ3v) is 3.67. The lowest BCUT2D eigenvalue weighted by molar-refractivity contribution is -0.139. The summed E-state index contributed by atoms with van der Waals surface area (Å²) >= 11 is 0.